The van der Waals surface area contributed by atoms with Crippen LogP contribution in [-0.2, 0) is 30.3 Å². The van der Waals surface area contributed by atoms with Crippen molar-refractivity contribution in [1.29, 1.82) is 0 Å². The molecule has 6 nitrogen and oxygen atoms in total. The van der Waals surface area contributed by atoms with Crippen LogP contribution in [0.3, 0.4) is 0 Å². The van der Waals surface area contributed by atoms with E-state index >= 15 is 0 Å². The van der Waals surface area contributed by atoms with Crippen molar-refractivity contribution in [3.05, 3.63) is 78.4 Å². The summed E-state index contributed by atoms with van der Waals surface area (Å²) in [6.07, 6.45) is 0.0534. The maximum atomic E-state index is 12.7. The summed E-state index contributed by atoms with van der Waals surface area (Å²) in [7, 11) is 0. The van der Waals surface area contributed by atoms with E-state index in [4.69, 9.17) is 9.47 Å². The van der Waals surface area contributed by atoms with Crippen LogP contribution >= 0.6 is 0 Å². The third-order valence-corrected chi connectivity index (χ3v) is 4.53. The minimum Gasteiger partial charge on any atom is -0.465 e. The molecule has 0 aliphatic carbocycles. The van der Waals surface area contributed by atoms with Gasteiger partial charge in [0.05, 0.1) is 13.0 Å². The van der Waals surface area contributed by atoms with E-state index in [1.165, 1.54) is 4.90 Å². The Hall–Kier alpha value is -3.67. The van der Waals surface area contributed by atoms with Crippen LogP contribution in [0.2, 0.25) is 0 Å². The van der Waals surface area contributed by atoms with Crippen molar-refractivity contribution in [2.24, 2.45) is 0 Å². The maximum Gasteiger partial charge on any atom is 0.326 e. The van der Waals surface area contributed by atoms with Crippen molar-refractivity contribution in [1.82, 2.24) is 0 Å². The first-order valence-electron chi connectivity index (χ1n) is 9.71. The summed E-state index contributed by atoms with van der Waals surface area (Å²) in [6, 6.07) is 22.2. The number of carbonyl (C=O) groups is 3. The largest absolute Gasteiger partial charge is 0.465 e. The summed E-state index contributed by atoms with van der Waals surface area (Å²) in [5.74, 6) is -1.54. The van der Waals surface area contributed by atoms with E-state index in [-0.39, 0.29) is 19.6 Å². The van der Waals surface area contributed by atoms with Crippen LogP contribution in [0.4, 0.5) is 5.69 Å². The molecule has 0 unspecified atom stereocenters. The number of hydrogen-bond acceptors (Lipinski definition) is 5. The highest BCUT2D eigenvalue weighted by molar-refractivity contribution is 5.99. The zero-order valence-electron chi connectivity index (χ0n) is 16.7. The van der Waals surface area contributed by atoms with Gasteiger partial charge in [0.2, 0.25) is 0 Å². The van der Waals surface area contributed by atoms with Gasteiger partial charge in [0.15, 0.2) is 6.61 Å². The fourth-order valence-corrected chi connectivity index (χ4v) is 3.14. The Morgan fingerprint density at radius 2 is 1.50 bits per heavy atom. The van der Waals surface area contributed by atoms with Gasteiger partial charge < -0.3 is 9.47 Å². The van der Waals surface area contributed by atoms with Gasteiger partial charge in [0.1, 0.15) is 6.54 Å². The van der Waals surface area contributed by atoms with E-state index in [1.807, 2.05) is 42.5 Å². The molecule has 6 heteroatoms. The second kappa shape index (κ2) is 10.2. The van der Waals surface area contributed by atoms with Crippen molar-refractivity contribution >= 4 is 34.3 Å². The van der Waals surface area contributed by atoms with Crippen LogP contribution in [0.5, 0.6) is 0 Å². The van der Waals surface area contributed by atoms with Crippen LogP contribution in [0.15, 0.2) is 72.8 Å². The molecule has 30 heavy (non-hydrogen) atoms. The van der Waals surface area contributed by atoms with Gasteiger partial charge in [-0.05, 0) is 35.4 Å². The van der Waals surface area contributed by atoms with Crippen molar-refractivity contribution < 1.29 is 23.9 Å². The van der Waals surface area contributed by atoms with E-state index in [9.17, 15) is 14.4 Å². The Balaban J connectivity index is 1.65. The zero-order valence-corrected chi connectivity index (χ0v) is 16.7. The van der Waals surface area contributed by atoms with Gasteiger partial charge in [0, 0.05) is 5.69 Å². The Kier molecular flexibility index (Phi) is 7.16. The Labute approximate surface area is 175 Å². The monoisotopic (exact) mass is 405 g/mol. The van der Waals surface area contributed by atoms with Gasteiger partial charge in [-0.2, -0.15) is 0 Å². The second-order valence-corrected chi connectivity index (χ2v) is 6.60. The summed E-state index contributed by atoms with van der Waals surface area (Å²) in [4.78, 5) is 38.2. The molecule has 0 aliphatic heterocycles. The Morgan fingerprint density at radius 3 is 2.27 bits per heavy atom. The number of ether oxygens (including phenoxy) is 2. The zero-order chi connectivity index (χ0) is 21.3. The van der Waals surface area contributed by atoms with Gasteiger partial charge in [-0.1, -0.05) is 60.7 Å². The molecule has 0 atom stereocenters. The standard InChI is InChI=1S/C24H23NO5/c1-2-29-24(28)16-25(20-12-4-3-5-13-20)22(26)17-30-23(27)15-19-11-8-10-18-9-6-7-14-21(18)19/h3-14H,2,15-17H2,1H3. The lowest BCUT2D eigenvalue weighted by Gasteiger charge is -2.21. The van der Waals surface area contributed by atoms with Gasteiger partial charge >= 0.3 is 11.9 Å². The highest BCUT2D eigenvalue weighted by Gasteiger charge is 2.21. The molecule has 0 bridgehead atoms. The third-order valence-electron chi connectivity index (χ3n) is 4.53. The summed E-state index contributed by atoms with van der Waals surface area (Å²) in [6.45, 7) is 1.20. The minimum absolute atomic E-state index is 0.0534. The lowest BCUT2D eigenvalue weighted by Crippen LogP contribution is -2.39. The first-order valence-corrected chi connectivity index (χ1v) is 9.71. The van der Waals surface area contributed by atoms with Crippen LogP contribution in [0, 0.1) is 0 Å². The number of hydrogen-bond donors (Lipinski definition) is 0. The summed E-state index contributed by atoms with van der Waals surface area (Å²) in [5.41, 5.74) is 1.36. The molecule has 0 aromatic heterocycles. The predicted octanol–water partition coefficient (Wildman–Crippen LogP) is 3.52. The first-order chi connectivity index (χ1) is 14.6. The number of nitrogens with zero attached hydrogens (tertiary/aromatic N) is 1. The van der Waals surface area contributed by atoms with E-state index in [0.29, 0.717) is 5.69 Å². The molecular formula is C24H23NO5. The van der Waals surface area contributed by atoms with Gasteiger partial charge in [0.25, 0.3) is 5.91 Å². The summed E-state index contributed by atoms with van der Waals surface area (Å²) >= 11 is 0. The molecule has 0 heterocycles. The van der Waals surface area contributed by atoms with E-state index in [2.05, 4.69) is 0 Å². The molecule has 0 fully saturated rings. The topological polar surface area (TPSA) is 72.9 Å². The molecule has 0 N–H and O–H groups in total. The molecule has 0 saturated heterocycles. The van der Waals surface area contributed by atoms with E-state index in [0.717, 1.165) is 16.3 Å². The molecule has 3 aromatic carbocycles. The van der Waals surface area contributed by atoms with Crippen molar-refractivity contribution in [3.8, 4) is 0 Å². The fraction of sp³-hybridized carbons (Fsp3) is 0.208. The average molecular weight is 405 g/mol. The summed E-state index contributed by atoms with van der Waals surface area (Å²) < 4.78 is 10.2. The molecule has 1 amide bonds. The van der Waals surface area contributed by atoms with Crippen LogP contribution in [-0.4, -0.2) is 37.6 Å². The SMILES string of the molecule is CCOC(=O)CN(C(=O)COC(=O)Cc1cccc2ccccc12)c1ccccc1. The van der Waals surface area contributed by atoms with Gasteiger partial charge in [-0.15, -0.1) is 0 Å². The average Bonchev–Trinajstić information content (AvgIpc) is 2.77. The minimum atomic E-state index is -0.531. The van der Waals surface area contributed by atoms with E-state index < -0.39 is 24.5 Å². The highest BCUT2D eigenvalue weighted by atomic mass is 16.5. The molecule has 3 aromatic rings. The van der Waals surface area contributed by atoms with Crippen LogP contribution < -0.4 is 4.90 Å². The molecule has 0 spiro atoms. The second-order valence-electron chi connectivity index (χ2n) is 6.60. The Morgan fingerprint density at radius 1 is 0.800 bits per heavy atom. The predicted molar refractivity (Wildman–Crippen MR) is 114 cm³/mol. The number of esters is 2. The van der Waals surface area contributed by atoms with Crippen molar-refractivity contribution in [2.45, 2.75) is 13.3 Å². The normalized spacial score (nSPS) is 10.4. The first kappa shape index (κ1) is 21.0. The number of rotatable bonds is 8. The molecule has 3 rings (SSSR count). The quantitative estimate of drug-likeness (QED) is 0.536. The number of para-hydroxylation sites is 1. The lowest BCUT2D eigenvalue weighted by atomic mass is 10.0. The number of benzene rings is 3. The third kappa shape index (κ3) is 5.44. The number of amides is 1. The van der Waals surface area contributed by atoms with Crippen molar-refractivity contribution in [3.63, 3.8) is 0 Å². The maximum absolute atomic E-state index is 12.7. The molecule has 154 valence electrons. The highest BCUT2D eigenvalue weighted by Crippen LogP contribution is 2.19. The van der Waals surface area contributed by atoms with Gasteiger partial charge in [-0.25, -0.2) is 0 Å². The molecule has 0 saturated carbocycles. The number of anilines is 1. The van der Waals surface area contributed by atoms with E-state index in [1.54, 1.807) is 37.3 Å². The molecule has 0 aliphatic rings. The number of carbonyl (C=O) groups excluding carboxylic acids is 3. The van der Waals surface area contributed by atoms with Gasteiger partial charge in [-0.3, -0.25) is 19.3 Å². The summed E-state index contributed by atoms with van der Waals surface area (Å²) in [5, 5.41) is 2.00. The van der Waals surface area contributed by atoms with Crippen molar-refractivity contribution in [2.75, 3.05) is 24.7 Å². The van der Waals surface area contributed by atoms with Crippen LogP contribution in [0.25, 0.3) is 10.8 Å². The smallest absolute Gasteiger partial charge is 0.326 e. The fourth-order valence-electron chi connectivity index (χ4n) is 3.14. The Bertz CT molecular complexity index is 1030. The lowest BCUT2D eigenvalue weighted by molar-refractivity contribution is -0.147. The molecule has 0 radical (unpaired) electrons. The number of fused-ring (bicyclic) bond motifs is 1. The van der Waals surface area contributed by atoms with Crippen LogP contribution in [0.1, 0.15) is 12.5 Å². The molecular weight excluding hydrogens is 382 g/mol.